The fourth-order valence-electron chi connectivity index (χ4n) is 3.02. The predicted molar refractivity (Wildman–Crippen MR) is 91.0 cm³/mol. The van der Waals surface area contributed by atoms with Crippen molar-refractivity contribution >= 4 is 0 Å². The Morgan fingerprint density at radius 2 is 1.82 bits per heavy atom. The molecule has 1 N–H and O–H groups in total. The molecule has 1 atom stereocenters. The Balaban J connectivity index is 1.77. The van der Waals surface area contributed by atoms with E-state index in [9.17, 15) is 0 Å². The second-order valence-electron chi connectivity index (χ2n) is 5.85. The molecule has 112 valence electrons. The SMILES string of the molecule is Cc1cccc(C(CCCc2cnc[nH]2)c2ccccc2)c1. The first-order chi connectivity index (χ1) is 10.8. The average Bonchev–Trinajstić information content (AvgIpc) is 3.06. The van der Waals surface area contributed by atoms with Gasteiger partial charge in [-0.1, -0.05) is 60.2 Å². The second kappa shape index (κ2) is 7.08. The van der Waals surface area contributed by atoms with Gasteiger partial charge in [0.1, 0.15) is 0 Å². The van der Waals surface area contributed by atoms with Crippen molar-refractivity contribution < 1.29 is 0 Å². The van der Waals surface area contributed by atoms with Crippen LogP contribution in [0.2, 0.25) is 0 Å². The lowest BCUT2D eigenvalue weighted by Gasteiger charge is -2.18. The topological polar surface area (TPSA) is 28.7 Å². The van der Waals surface area contributed by atoms with Gasteiger partial charge >= 0.3 is 0 Å². The van der Waals surface area contributed by atoms with Gasteiger partial charge in [-0.05, 0) is 37.3 Å². The number of nitrogens with one attached hydrogen (secondary N) is 1. The zero-order chi connectivity index (χ0) is 15.2. The Morgan fingerprint density at radius 3 is 2.55 bits per heavy atom. The molecular weight excluding hydrogens is 268 g/mol. The molecule has 2 aromatic carbocycles. The van der Waals surface area contributed by atoms with Gasteiger partial charge in [0.05, 0.1) is 6.33 Å². The number of aromatic amines is 1. The van der Waals surface area contributed by atoms with Crippen LogP contribution in [0.25, 0.3) is 0 Å². The molecule has 0 aliphatic rings. The number of imidazole rings is 1. The zero-order valence-corrected chi connectivity index (χ0v) is 13.0. The van der Waals surface area contributed by atoms with E-state index in [-0.39, 0.29) is 0 Å². The number of benzene rings is 2. The molecule has 0 radical (unpaired) electrons. The van der Waals surface area contributed by atoms with Gasteiger partial charge in [0, 0.05) is 17.8 Å². The van der Waals surface area contributed by atoms with Gasteiger partial charge in [0.2, 0.25) is 0 Å². The summed E-state index contributed by atoms with van der Waals surface area (Å²) in [5, 5.41) is 0. The smallest absolute Gasteiger partial charge is 0.0921 e. The Labute approximate surface area is 132 Å². The van der Waals surface area contributed by atoms with Crippen LogP contribution in [-0.4, -0.2) is 9.97 Å². The van der Waals surface area contributed by atoms with Crippen molar-refractivity contribution in [2.75, 3.05) is 0 Å². The molecular formula is C20H22N2. The fraction of sp³-hybridized carbons (Fsp3) is 0.250. The molecule has 0 spiro atoms. The highest BCUT2D eigenvalue weighted by molar-refractivity contribution is 5.34. The third-order valence-electron chi connectivity index (χ3n) is 4.14. The van der Waals surface area contributed by atoms with Crippen molar-refractivity contribution in [3.05, 3.63) is 89.5 Å². The highest BCUT2D eigenvalue weighted by atomic mass is 14.9. The van der Waals surface area contributed by atoms with Crippen molar-refractivity contribution in [3.8, 4) is 0 Å². The molecule has 3 aromatic rings. The minimum absolute atomic E-state index is 0.462. The number of H-pyrrole nitrogens is 1. The molecule has 22 heavy (non-hydrogen) atoms. The van der Waals surface area contributed by atoms with Crippen LogP contribution in [0.5, 0.6) is 0 Å². The quantitative estimate of drug-likeness (QED) is 0.689. The maximum atomic E-state index is 4.09. The number of aromatic nitrogens is 2. The van der Waals surface area contributed by atoms with Gasteiger partial charge < -0.3 is 4.98 Å². The fourth-order valence-corrected chi connectivity index (χ4v) is 3.02. The summed E-state index contributed by atoms with van der Waals surface area (Å²) < 4.78 is 0. The molecule has 0 amide bonds. The molecule has 1 aromatic heterocycles. The Bertz CT molecular complexity index is 687. The van der Waals surface area contributed by atoms with E-state index in [0.29, 0.717) is 5.92 Å². The molecule has 1 unspecified atom stereocenters. The van der Waals surface area contributed by atoms with E-state index in [1.165, 1.54) is 22.4 Å². The van der Waals surface area contributed by atoms with E-state index in [0.717, 1.165) is 19.3 Å². The molecule has 2 heteroatoms. The summed E-state index contributed by atoms with van der Waals surface area (Å²) in [6.07, 6.45) is 7.02. The van der Waals surface area contributed by atoms with Gasteiger partial charge in [-0.3, -0.25) is 0 Å². The van der Waals surface area contributed by atoms with E-state index in [1.807, 2.05) is 6.20 Å². The summed E-state index contributed by atoms with van der Waals surface area (Å²) in [4.78, 5) is 7.28. The number of nitrogens with zero attached hydrogens (tertiary/aromatic N) is 1. The minimum atomic E-state index is 0.462. The predicted octanol–water partition coefficient (Wildman–Crippen LogP) is 4.87. The molecule has 0 fully saturated rings. The minimum Gasteiger partial charge on any atom is -0.348 e. The monoisotopic (exact) mass is 290 g/mol. The van der Waals surface area contributed by atoms with Gasteiger partial charge in [-0.15, -0.1) is 0 Å². The Hall–Kier alpha value is -2.35. The summed E-state index contributed by atoms with van der Waals surface area (Å²) in [5.74, 6) is 0.462. The molecule has 1 heterocycles. The summed E-state index contributed by atoms with van der Waals surface area (Å²) in [7, 11) is 0. The van der Waals surface area contributed by atoms with Crippen molar-refractivity contribution in [2.45, 2.75) is 32.1 Å². The highest BCUT2D eigenvalue weighted by Gasteiger charge is 2.14. The molecule has 0 saturated carbocycles. The third-order valence-corrected chi connectivity index (χ3v) is 4.14. The number of rotatable bonds is 6. The van der Waals surface area contributed by atoms with Crippen molar-refractivity contribution in [3.63, 3.8) is 0 Å². The van der Waals surface area contributed by atoms with Crippen LogP contribution < -0.4 is 0 Å². The number of hydrogen-bond acceptors (Lipinski definition) is 1. The van der Waals surface area contributed by atoms with Crippen molar-refractivity contribution in [2.24, 2.45) is 0 Å². The van der Waals surface area contributed by atoms with E-state index < -0.39 is 0 Å². The normalized spacial score (nSPS) is 12.2. The van der Waals surface area contributed by atoms with Crippen LogP contribution in [0.3, 0.4) is 0 Å². The maximum absolute atomic E-state index is 4.09. The molecule has 0 aliphatic heterocycles. The molecule has 0 aliphatic carbocycles. The molecule has 0 saturated heterocycles. The first-order valence-electron chi connectivity index (χ1n) is 7.91. The third kappa shape index (κ3) is 3.64. The molecule has 0 bridgehead atoms. The van der Waals surface area contributed by atoms with Crippen LogP contribution in [-0.2, 0) is 6.42 Å². The average molecular weight is 290 g/mol. The second-order valence-corrected chi connectivity index (χ2v) is 5.85. The zero-order valence-electron chi connectivity index (χ0n) is 13.0. The first kappa shape index (κ1) is 14.6. The van der Waals surface area contributed by atoms with E-state index in [1.54, 1.807) is 6.33 Å². The van der Waals surface area contributed by atoms with Crippen molar-refractivity contribution in [1.29, 1.82) is 0 Å². The summed E-state index contributed by atoms with van der Waals surface area (Å²) in [6.45, 7) is 2.16. The van der Waals surface area contributed by atoms with E-state index in [4.69, 9.17) is 0 Å². The largest absolute Gasteiger partial charge is 0.348 e. The molecule has 2 nitrogen and oxygen atoms in total. The van der Waals surface area contributed by atoms with Crippen LogP contribution in [0.15, 0.2) is 67.1 Å². The van der Waals surface area contributed by atoms with Crippen molar-refractivity contribution in [1.82, 2.24) is 9.97 Å². The lowest BCUT2D eigenvalue weighted by molar-refractivity contribution is 0.656. The Kier molecular flexibility index (Phi) is 4.69. The maximum Gasteiger partial charge on any atom is 0.0921 e. The van der Waals surface area contributed by atoms with Gasteiger partial charge in [-0.25, -0.2) is 4.98 Å². The lowest BCUT2D eigenvalue weighted by atomic mass is 9.86. The number of hydrogen-bond donors (Lipinski definition) is 1. The summed E-state index contributed by atoms with van der Waals surface area (Å²) in [5.41, 5.74) is 5.36. The van der Waals surface area contributed by atoms with Crippen LogP contribution >= 0.6 is 0 Å². The molecule has 3 rings (SSSR count). The van der Waals surface area contributed by atoms with Gasteiger partial charge in [0.25, 0.3) is 0 Å². The standard InChI is InChI=1S/C20H22N2/c1-16-7-5-10-18(13-16)20(17-8-3-2-4-9-17)12-6-11-19-14-21-15-22-19/h2-5,7-10,13-15,20H,6,11-12H2,1H3,(H,21,22). The van der Waals surface area contributed by atoms with E-state index >= 15 is 0 Å². The first-order valence-corrected chi connectivity index (χ1v) is 7.91. The lowest BCUT2D eigenvalue weighted by Crippen LogP contribution is -2.02. The van der Waals surface area contributed by atoms with Crippen LogP contribution in [0.1, 0.15) is 41.1 Å². The summed E-state index contributed by atoms with van der Waals surface area (Å²) >= 11 is 0. The van der Waals surface area contributed by atoms with E-state index in [2.05, 4.69) is 71.5 Å². The highest BCUT2D eigenvalue weighted by Crippen LogP contribution is 2.30. The Morgan fingerprint density at radius 1 is 1.00 bits per heavy atom. The van der Waals surface area contributed by atoms with Crippen LogP contribution in [0.4, 0.5) is 0 Å². The van der Waals surface area contributed by atoms with Gasteiger partial charge in [-0.2, -0.15) is 0 Å². The van der Waals surface area contributed by atoms with Gasteiger partial charge in [0.15, 0.2) is 0 Å². The van der Waals surface area contributed by atoms with Crippen LogP contribution in [0, 0.1) is 6.92 Å². The summed E-state index contributed by atoms with van der Waals surface area (Å²) in [6, 6.07) is 19.7. The number of aryl methyl sites for hydroxylation is 2.